The molecular formula is C24H49N. The SMILES string of the molecule is C=CCC(N)CCCCCCCCCCCCCCCCCCCC. The van der Waals surface area contributed by atoms with Crippen LogP contribution in [0.3, 0.4) is 0 Å². The molecular weight excluding hydrogens is 302 g/mol. The van der Waals surface area contributed by atoms with Gasteiger partial charge < -0.3 is 5.73 Å². The van der Waals surface area contributed by atoms with Crippen LogP contribution in [0.1, 0.15) is 135 Å². The van der Waals surface area contributed by atoms with Gasteiger partial charge >= 0.3 is 0 Å². The molecule has 0 saturated carbocycles. The fraction of sp³-hybridized carbons (Fsp3) is 0.917. The zero-order chi connectivity index (χ0) is 18.4. The predicted molar refractivity (Wildman–Crippen MR) is 116 cm³/mol. The summed E-state index contributed by atoms with van der Waals surface area (Å²) in [6.07, 6.45) is 30.0. The van der Waals surface area contributed by atoms with Gasteiger partial charge in [-0.3, -0.25) is 0 Å². The molecule has 2 N–H and O–H groups in total. The molecule has 0 bridgehead atoms. The van der Waals surface area contributed by atoms with Crippen LogP contribution in [0.5, 0.6) is 0 Å². The van der Waals surface area contributed by atoms with Gasteiger partial charge in [0.25, 0.3) is 0 Å². The standard InChI is InChI=1S/C24H49N/c1-3-5-6-7-8-9-10-11-12-13-14-15-16-17-18-19-20-21-23-24(25)22-4-2/h4,24H,2-3,5-23,25H2,1H3. The van der Waals surface area contributed by atoms with Crippen LogP contribution in [0.25, 0.3) is 0 Å². The van der Waals surface area contributed by atoms with Crippen molar-refractivity contribution in [3.63, 3.8) is 0 Å². The van der Waals surface area contributed by atoms with Crippen molar-refractivity contribution in [3.05, 3.63) is 12.7 Å². The average molecular weight is 352 g/mol. The van der Waals surface area contributed by atoms with Gasteiger partial charge in [0, 0.05) is 6.04 Å². The van der Waals surface area contributed by atoms with Gasteiger partial charge in [0.1, 0.15) is 0 Å². The molecule has 0 rings (SSSR count). The van der Waals surface area contributed by atoms with Gasteiger partial charge in [-0.2, -0.15) is 0 Å². The van der Waals surface area contributed by atoms with E-state index < -0.39 is 0 Å². The van der Waals surface area contributed by atoms with Gasteiger partial charge in [-0.05, 0) is 12.8 Å². The third-order valence-corrected chi connectivity index (χ3v) is 5.40. The fourth-order valence-corrected chi connectivity index (χ4v) is 3.64. The number of hydrogen-bond donors (Lipinski definition) is 1. The summed E-state index contributed by atoms with van der Waals surface area (Å²) in [5.41, 5.74) is 5.98. The highest BCUT2D eigenvalue weighted by atomic mass is 14.6. The van der Waals surface area contributed by atoms with Crippen LogP contribution in [-0.2, 0) is 0 Å². The third-order valence-electron chi connectivity index (χ3n) is 5.40. The first kappa shape index (κ1) is 24.7. The Balaban J connectivity index is 3.01. The van der Waals surface area contributed by atoms with Gasteiger partial charge in [0.05, 0.1) is 0 Å². The van der Waals surface area contributed by atoms with Crippen molar-refractivity contribution in [2.45, 2.75) is 141 Å². The molecule has 0 heterocycles. The van der Waals surface area contributed by atoms with Crippen LogP contribution in [0.15, 0.2) is 12.7 Å². The normalized spacial score (nSPS) is 12.4. The van der Waals surface area contributed by atoms with E-state index in [1.54, 1.807) is 0 Å². The molecule has 0 spiro atoms. The summed E-state index contributed by atoms with van der Waals surface area (Å²) in [4.78, 5) is 0. The van der Waals surface area contributed by atoms with Crippen molar-refractivity contribution < 1.29 is 0 Å². The fourth-order valence-electron chi connectivity index (χ4n) is 3.64. The van der Waals surface area contributed by atoms with E-state index in [0.717, 1.165) is 6.42 Å². The minimum absolute atomic E-state index is 0.346. The Kier molecular flexibility index (Phi) is 21.5. The first-order chi connectivity index (χ1) is 12.3. The molecule has 0 aliphatic rings. The predicted octanol–water partition coefficient (Wildman–Crippen LogP) is 8.32. The minimum Gasteiger partial charge on any atom is -0.327 e. The van der Waals surface area contributed by atoms with Crippen molar-refractivity contribution in [2.75, 3.05) is 0 Å². The summed E-state index contributed by atoms with van der Waals surface area (Å²) in [5, 5.41) is 0. The highest BCUT2D eigenvalue weighted by Gasteiger charge is 1.99. The van der Waals surface area contributed by atoms with E-state index in [9.17, 15) is 0 Å². The quantitative estimate of drug-likeness (QED) is 0.163. The molecule has 25 heavy (non-hydrogen) atoms. The van der Waals surface area contributed by atoms with Gasteiger partial charge in [-0.1, -0.05) is 129 Å². The van der Waals surface area contributed by atoms with Crippen LogP contribution in [0.2, 0.25) is 0 Å². The molecule has 0 aromatic rings. The number of rotatable bonds is 21. The van der Waals surface area contributed by atoms with Crippen molar-refractivity contribution >= 4 is 0 Å². The van der Waals surface area contributed by atoms with Gasteiger partial charge in [-0.25, -0.2) is 0 Å². The van der Waals surface area contributed by atoms with Crippen molar-refractivity contribution in [1.82, 2.24) is 0 Å². The highest BCUT2D eigenvalue weighted by Crippen LogP contribution is 2.14. The molecule has 0 aromatic carbocycles. The molecule has 150 valence electrons. The maximum atomic E-state index is 5.98. The second kappa shape index (κ2) is 21.7. The number of hydrogen-bond acceptors (Lipinski definition) is 1. The molecule has 0 aliphatic heterocycles. The summed E-state index contributed by atoms with van der Waals surface area (Å²) >= 11 is 0. The Morgan fingerprint density at radius 3 is 1.24 bits per heavy atom. The lowest BCUT2D eigenvalue weighted by atomic mass is 10.0. The lowest BCUT2D eigenvalue weighted by Crippen LogP contribution is -2.18. The highest BCUT2D eigenvalue weighted by molar-refractivity contribution is 4.74. The molecule has 1 nitrogen and oxygen atoms in total. The van der Waals surface area contributed by atoms with Crippen LogP contribution in [0.4, 0.5) is 0 Å². The van der Waals surface area contributed by atoms with Gasteiger partial charge in [0.2, 0.25) is 0 Å². The second-order valence-electron chi connectivity index (χ2n) is 8.08. The third kappa shape index (κ3) is 21.7. The Labute approximate surface area is 160 Å². The second-order valence-corrected chi connectivity index (χ2v) is 8.08. The van der Waals surface area contributed by atoms with E-state index in [-0.39, 0.29) is 0 Å². The molecule has 1 unspecified atom stereocenters. The van der Waals surface area contributed by atoms with Crippen LogP contribution < -0.4 is 5.73 Å². The monoisotopic (exact) mass is 351 g/mol. The summed E-state index contributed by atoms with van der Waals surface area (Å²) in [5.74, 6) is 0. The largest absolute Gasteiger partial charge is 0.327 e. The molecule has 0 fully saturated rings. The van der Waals surface area contributed by atoms with E-state index in [1.807, 2.05) is 6.08 Å². The van der Waals surface area contributed by atoms with Crippen molar-refractivity contribution in [2.24, 2.45) is 5.73 Å². The molecule has 0 aromatic heterocycles. The maximum Gasteiger partial charge on any atom is 0.00733 e. The molecule has 0 radical (unpaired) electrons. The number of unbranched alkanes of at least 4 members (excludes halogenated alkanes) is 17. The maximum absolute atomic E-state index is 5.98. The molecule has 0 saturated heterocycles. The molecule has 0 amide bonds. The van der Waals surface area contributed by atoms with Crippen molar-refractivity contribution in [1.29, 1.82) is 0 Å². The Morgan fingerprint density at radius 1 is 0.600 bits per heavy atom. The van der Waals surface area contributed by atoms with E-state index in [1.165, 1.54) is 122 Å². The Bertz CT molecular complexity index is 248. The average Bonchev–Trinajstić information content (AvgIpc) is 2.61. The zero-order valence-electron chi connectivity index (χ0n) is 17.6. The van der Waals surface area contributed by atoms with E-state index in [2.05, 4.69) is 13.5 Å². The molecule has 1 heteroatoms. The van der Waals surface area contributed by atoms with Crippen LogP contribution in [-0.4, -0.2) is 6.04 Å². The van der Waals surface area contributed by atoms with E-state index in [0.29, 0.717) is 6.04 Å². The van der Waals surface area contributed by atoms with Crippen molar-refractivity contribution in [3.8, 4) is 0 Å². The zero-order valence-corrected chi connectivity index (χ0v) is 17.6. The van der Waals surface area contributed by atoms with Crippen LogP contribution >= 0.6 is 0 Å². The lowest BCUT2D eigenvalue weighted by Gasteiger charge is -2.08. The Morgan fingerprint density at radius 2 is 0.920 bits per heavy atom. The number of nitrogens with two attached hydrogens (primary N) is 1. The Hall–Kier alpha value is -0.300. The minimum atomic E-state index is 0.346. The summed E-state index contributed by atoms with van der Waals surface area (Å²) in [6.45, 7) is 6.05. The summed E-state index contributed by atoms with van der Waals surface area (Å²) in [7, 11) is 0. The van der Waals surface area contributed by atoms with Gasteiger partial charge in [-0.15, -0.1) is 6.58 Å². The molecule has 1 atom stereocenters. The first-order valence-corrected chi connectivity index (χ1v) is 11.7. The smallest absolute Gasteiger partial charge is 0.00733 e. The first-order valence-electron chi connectivity index (χ1n) is 11.7. The molecule has 0 aliphatic carbocycles. The van der Waals surface area contributed by atoms with E-state index in [4.69, 9.17) is 5.73 Å². The summed E-state index contributed by atoms with van der Waals surface area (Å²) in [6, 6.07) is 0.346. The van der Waals surface area contributed by atoms with Crippen LogP contribution in [0, 0.1) is 0 Å². The van der Waals surface area contributed by atoms with E-state index >= 15 is 0 Å². The van der Waals surface area contributed by atoms with Gasteiger partial charge in [0.15, 0.2) is 0 Å². The topological polar surface area (TPSA) is 26.0 Å². The summed E-state index contributed by atoms with van der Waals surface area (Å²) < 4.78 is 0. The lowest BCUT2D eigenvalue weighted by molar-refractivity contribution is 0.513.